The first-order valence-corrected chi connectivity index (χ1v) is 9.88. The second-order valence-electron chi connectivity index (χ2n) is 7.35. The molecule has 0 radical (unpaired) electrons. The Balaban J connectivity index is 1.78. The van der Waals surface area contributed by atoms with E-state index in [9.17, 15) is 5.26 Å². The van der Waals surface area contributed by atoms with E-state index < -0.39 is 0 Å². The lowest BCUT2D eigenvalue weighted by Gasteiger charge is -2.26. The fraction of sp³-hybridized carbons (Fsp3) is 0.217. The Labute approximate surface area is 179 Å². The van der Waals surface area contributed by atoms with E-state index >= 15 is 0 Å². The number of nitrogens with two attached hydrogens (primary N) is 1. The number of nitriles is 1. The van der Waals surface area contributed by atoms with Crippen molar-refractivity contribution in [2.24, 2.45) is 5.73 Å². The number of fused-ring (bicyclic) bond motifs is 1. The van der Waals surface area contributed by atoms with Gasteiger partial charge in [-0.3, -0.25) is 5.10 Å². The Hall–Kier alpha value is -3.43. The molecule has 3 N–H and O–H groups in total. The summed E-state index contributed by atoms with van der Waals surface area (Å²) in [4.78, 5) is 0. The van der Waals surface area contributed by atoms with Gasteiger partial charge in [-0.05, 0) is 55.2 Å². The van der Waals surface area contributed by atoms with Gasteiger partial charge in [0.2, 0.25) is 11.8 Å². The highest BCUT2D eigenvalue weighted by atomic mass is 35.5. The summed E-state index contributed by atoms with van der Waals surface area (Å²) < 4.78 is 11.5. The van der Waals surface area contributed by atoms with Crippen LogP contribution in [-0.2, 0) is 6.61 Å². The Morgan fingerprint density at radius 1 is 1.23 bits per heavy atom. The van der Waals surface area contributed by atoms with Gasteiger partial charge in [-0.25, -0.2) is 0 Å². The lowest BCUT2D eigenvalue weighted by Crippen LogP contribution is -2.21. The molecule has 0 fully saturated rings. The molecule has 2 heterocycles. The van der Waals surface area contributed by atoms with Crippen LogP contribution in [0.2, 0.25) is 5.02 Å². The van der Waals surface area contributed by atoms with Gasteiger partial charge >= 0.3 is 0 Å². The molecule has 4 rings (SSSR count). The number of nitrogens with one attached hydrogen (secondary N) is 1. The first kappa shape index (κ1) is 19.9. The molecule has 6 nitrogen and oxygen atoms in total. The Bertz CT molecular complexity index is 1210. The molecule has 1 aliphatic rings. The molecule has 0 saturated heterocycles. The largest absolute Gasteiger partial charge is 0.487 e. The molecule has 0 bridgehead atoms. The van der Waals surface area contributed by atoms with E-state index in [0.717, 1.165) is 33.5 Å². The number of benzene rings is 2. The zero-order valence-electron chi connectivity index (χ0n) is 16.9. The predicted molar refractivity (Wildman–Crippen MR) is 114 cm³/mol. The van der Waals surface area contributed by atoms with Gasteiger partial charge in [-0.1, -0.05) is 35.9 Å². The fourth-order valence-corrected chi connectivity index (χ4v) is 4.00. The molecule has 3 aromatic rings. The molecule has 0 saturated carbocycles. The first-order valence-electron chi connectivity index (χ1n) is 9.50. The maximum atomic E-state index is 9.81. The van der Waals surface area contributed by atoms with Crippen LogP contribution in [0, 0.1) is 32.1 Å². The number of allylic oxidation sites excluding steroid dienone is 1. The van der Waals surface area contributed by atoms with Crippen molar-refractivity contribution >= 4 is 11.6 Å². The van der Waals surface area contributed by atoms with Crippen LogP contribution >= 0.6 is 11.6 Å². The maximum Gasteiger partial charge on any atom is 0.244 e. The number of rotatable bonds is 4. The van der Waals surface area contributed by atoms with E-state index in [4.69, 9.17) is 26.8 Å². The standard InChI is InChI=1S/C23H21ClN4O2/c1-12-8-13(2)16(9-15(12)11-29-19-7-5-4-6-18(19)24)21-17(10-25)22(26)30-23-20(21)14(3)27-28-23/h4-9,21H,11,26H2,1-3H3,(H,27,28). The third-order valence-corrected chi connectivity index (χ3v) is 5.70. The van der Waals surface area contributed by atoms with Crippen LogP contribution in [0.1, 0.15) is 39.4 Å². The van der Waals surface area contributed by atoms with Gasteiger partial charge in [0.1, 0.15) is 24.0 Å². The number of para-hydroxylation sites is 1. The minimum atomic E-state index is -0.364. The second-order valence-corrected chi connectivity index (χ2v) is 7.75. The number of ether oxygens (including phenoxy) is 2. The average molecular weight is 421 g/mol. The van der Waals surface area contributed by atoms with Crippen molar-refractivity contribution in [1.82, 2.24) is 10.2 Å². The Morgan fingerprint density at radius 3 is 2.73 bits per heavy atom. The van der Waals surface area contributed by atoms with E-state index in [-0.39, 0.29) is 11.8 Å². The smallest absolute Gasteiger partial charge is 0.244 e. The molecule has 1 unspecified atom stereocenters. The average Bonchev–Trinajstić information content (AvgIpc) is 3.08. The van der Waals surface area contributed by atoms with Gasteiger partial charge in [-0.2, -0.15) is 5.26 Å². The topological polar surface area (TPSA) is 97.0 Å². The molecule has 1 aromatic heterocycles. The van der Waals surface area contributed by atoms with Crippen molar-refractivity contribution in [3.63, 3.8) is 0 Å². The third-order valence-electron chi connectivity index (χ3n) is 5.38. The summed E-state index contributed by atoms with van der Waals surface area (Å²) >= 11 is 6.22. The molecule has 2 aromatic carbocycles. The van der Waals surface area contributed by atoms with Crippen molar-refractivity contribution in [3.05, 3.63) is 86.4 Å². The van der Waals surface area contributed by atoms with E-state index in [1.54, 1.807) is 6.07 Å². The zero-order valence-corrected chi connectivity index (χ0v) is 17.7. The normalized spacial score (nSPS) is 15.4. The number of aryl methyl sites for hydroxylation is 3. The number of nitrogens with zero attached hydrogens (tertiary/aromatic N) is 2. The molecule has 152 valence electrons. The monoisotopic (exact) mass is 420 g/mol. The summed E-state index contributed by atoms with van der Waals surface area (Å²) in [5, 5.41) is 17.5. The van der Waals surface area contributed by atoms with Gasteiger partial charge in [0, 0.05) is 11.3 Å². The van der Waals surface area contributed by atoms with Crippen molar-refractivity contribution in [1.29, 1.82) is 5.26 Å². The van der Waals surface area contributed by atoms with Crippen molar-refractivity contribution in [3.8, 4) is 17.7 Å². The zero-order chi connectivity index (χ0) is 21.4. The van der Waals surface area contributed by atoms with Crippen molar-refractivity contribution in [2.45, 2.75) is 33.3 Å². The van der Waals surface area contributed by atoms with Gasteiger partial charge in [0.05, 0.1) is 10.9 Å². The van der Waals surface area contributed by atoms with Crippen molar-refractivity contribution in [2.75, 3.05) is 0 Å². The van der Waals surface area contributed by atoms with Crippen LogP contribution in [0.3, 0.4) is 0 Å². The summed E-state index contributed by atoms with van der Waals surface area (Å²) in [5.74, 6) is 0.747. The SMILES string of the molecule is Cc1cc(C)c(C2C(C#N)=C(N)Oc3n[nH]c(C)c32)cc1COc1ccccc1Cl. The Kier molecular flexibility index (Phi) is 5.15. The van der Waals surface area contributed by atoms with E-state index in [2.05, 4.69) is 28.4 Å². The number of aromatic amines is 1. The fourth-order valence-electron chi connectivity index (χ4n) is 3.81. The number of hydrogen-bond acceptors (Lipinski definition) is 5. The number of aromatic nitrogens is 2. The predicted octanol–water partition coefficient (Wildman–Crippen LogP) is 4.79. The molecule has 0 spiro atoms. The van der Waals surface area contributed by atoms with Gasteiger partial charge in [-0.15, -0.1) is 5.10 Å². The highest BCUT2D eigenvalue weighted by Crippen LogP contribution is 2.44. The molecule has 0 amide bonds. The summed E-state index contributed by atoms with van der Waals surface area (Å²) in [7, 11) is 0. The molecule has 1 aliphatic heterocycles. The third kappa shape index (κ3) is 3.38. The van der Waals surface area contributed by atoms with Gasteiger partial charge in [0.15, 0.2) is 0 Å². The van der Waals surface area contributed by atoms with E-state index in [0.29, 0.717) is 28.8 Å². The number of halogens is 1. The molecular weight excluding hydrogens is 400 g/mol. The van der Waals surface area contributed by atoms with Crippen LogP contribution < -0.4 is 15.2 Å². The number of H-pyrrole nitrogens is 1. The van der Waals surface area contributed by atoms with Crippen LogP contribution in [0.25, 0.3) is 0 Å². The molecule has 7 heteroatoms. The van der Waals surface area contributed by atoms with Gasteiger partial charge in [0.25, 0.3) is 0 Å². The summed E-state index contributed by atoms with van der Waals surface area (Å²) in [6, 6.07) is 13.8. The second kappa shape index (κ2) is 7.77. The van der Waals surface area contributed by atoms with Crippen LogP contribution in [0.15, 0.2) is 47.9 Å². The van der Waals surface area contributed by atoms with Gasteiger partial charge < -0.3 is 15.2 Å². The minimum Gasteiger partial charge on any atom is -0.487 e. The molecular formula is C23H21ClN4O2. The molecule has 1 atom stereocenters. The summed E-state index contributed by atoms with van der Waals surface area (Å²) in [6.07, 6.45) is 0. The highest BCUT2D eigenvalue weighted by molar-refractivity contribution is 6.32. The quantitative estimate of drug-likeness (QED) is 0.632. The minimum absolute atomic E-state index is 0.0790. The lowest BCUT2D eigenvalue weighted by atomic mass is 9.81. The first-order chi connectivity index (χ1) is 14.4. The van der Waals surface area contributed by atoms with E-state index in [1.807, 2.05) is 39.0 Å². The van der Waals surface area contributed by atoms with Crippen LogP contribution in [0.4, 0.5) is 0 Å². The summed E-state index contributed by atoms with van der Waals surface area (Å²) in [5.41, 5.74) is 12.2. The van der Waals surface area contributed by atoms with Crippen molar-refractivity contribution < 1.29 is 9.47 Å². The molecule has 0 aliphatic carbocycles. The van der Waals surface area contributed by atoms with E-state index in [1.165, 1.54) is 0 Å². The van der Waals surface area contributed by atoms with Crippen LogP contribution in [-0.4, -0.2) is 10.2 Å². The maximum absolute atomic E-state index is 9.81. The Morgan fingerprint density at radius 2 is 2.00 bits per heavy atom. The highest BCUT2D eigenvalue weighted by Gasteiger charge is 2.35. The lowest BCUT2D eigenvalue weighted by molar-refractivity contribution is 0.305. The summed E-state index contributed by atoms with van der Waals surface area (Å²) in [6.45, 7) is 6.32. The molecule has 30 heavy (non-hydrogen) atoms. The van der Waals surface area contributed by atoms with Crippen LogP contribution in [0.5, 0.6) is 11.6 Å². The number of hydrogen-bond donors (Lipinski definition) is 2.